The summed E-state index contributed by atoms with van der Waals surface area (Å²) in [4.78, 5) is 16.7. The summed E-state index contributed by atoms with van der Waals surface area (Å²) < 4.78 is 0. The van der Waals surface area contributed by atoms with Crippen LogP contribution in [-0.2, 0) is 21.1 Å². The summed E-state index contributed by atoms with van der Waals surface area (Å²) in [6.07, 6.45) is 3.00. The van der Waals surface area contributed by atoms with Crippen LogP contribution in [-0.4, -0.2) is 32.7 Å². The average Bonchev–Trinajstić information content (AvgIpc) is 2.33. The molecule has 0 bridgehead atoms. The Morgan fingerprint density at radius 3 is 1.25 bits per heavy atom. The van der Waals surface area contributed by atoms with Crippen molar-refractivity contribution in [3.63, 3.8) is 0 Å². The minimum Gasteiger partial charge on any atom is -0.676 e. The maximum Gasteiger partial charge on any atom is 2.00 e. The number of rotatable bonds is 0. The quantitative estimate of drug-likeness (QED) is 0.442. The monoisotopic (exact) mass is 419 g/mol. The fraction of sp³-hybridized carbons (Fsp3) is 1.00. The van der Waals surface area contributed by atoms with Gasteiger partial charge >= 0.3 is 21.1 Å². The second kappa shape index (κ2) is 12.1. The molecule has 1 saturated carbocycles. The van der Waals surface area contributed by atoms with Crippen molar-refractivity contribution >= 4 is 0 Å². The zero-order chi connectivity index (χ0) is 12.4. The van der Waals surface area contributed by atoms with Gasteiger partial charge in [-0.3, -0.25) is 0 Å². The van der Waals surface area contributed by atoms with E-state index in [9.17, 15) is 0 Å². The maximum absolute atomic E-state index is 8.36. The Morgan fingerprint density at radius 2 is 1.19 bits per heavy atom. The first-order valence-electron chi connectivity index (χ1n) is 3.86. The molecule has 0 aromatic heterocycles. The molecule has 4 N–H and O–H groups in total. The van der Waals surface area contributed by atoms with Gasteiger partial charge in [0.1, 0.15) is 0 Å². The number of nitrogens with one attached hydrogen (secondary N) is 2. The molecule has 0 heterocycles. The fourth-order valence-electron chi connectivity index (χ4n) is 0.960. The summed E-state index contributed by atoms with van der Waals surface area (Å²) in [7, 11) is 0. The van der Waals surface area contributed by atoms with E-state index in [1.807, 2.05) is 0 Å². The molecule has 16 heavy (non-hydrogen) atoms. The summed E-state index contributed by atoms with van der Waals surface area (Å²) >= 11 is 0. The van der Waals surface area contributed by atoms with Gasteiger partial charge in [0.05, 0.1) is 0 Å². The van der Waals surface area contributed by atoms with Gasteiger partial charge in [0, 0.05) is 0 Å². The van der Waals surface area contributed by atoms with Gasteiger partial charge in [-0.2, -0.15) is 12.1 Å². The largest absolute Gasteiger partial charge is 2.00 e. The van der Waals surface area contributed by atoms with Crippen LogP contribution in [0.5, 0.6) is 0 Å². The minimum absolute atomic E-state index is 0. The van der Waals surface area contributed by atoms with Crippen molar-refractivity contribution in [1.82, 2.24) is 0 Å². The molecule has 2 atom stereocenters. The van der Waals surface area contributed by atoms with E-state index in [2.05, 4.69) is 0 Å². The molecule has 0 amide bonds. The molecule has 10 nitrogen and oxygen atoms in total. The molecule has 0 aliphatic heterocycles. The maximum atomic E-state index is 8.36. The molecule has 1 rings (SSSR count). The van der Waals surface area contributed by atoms with Gasteiger partial charge in [-0.25, -0.2) is 0 Å². The Balaban J connectivity index is -0.000000166. The van der Waals surface area contributed by atoms with Crippen LogP contribution in [0.2, 0.25) is 0 Å². The van der Waals surface area contributed by atoms with Gasteiger partial charge in [0.25, 0.3) is 10.2 Å². The van der Waals surface area contributed by atoms with E-state index < -0.39 is 10.2 Å². The van der Waals surface area contributed by atoms with Crippen molar-refractivity contribution in [2.45, 2.75) is 31.3 Å². The van der Waals surface area contributed by atoms with E-state index >= 15 is 0 Å². The first-order valence-corrected chi connectivity index (χ1v) is 3.86. The van der Waals surface area contributed by atoms with Crippen LogP contribution < -0.4 is 0 Å². The van der Waals surface area contributed by atoms with Crippen molar-refractivity contribution in [1.29, 1.82) is 0 Å². The molecule has 1 aliphatic rings. The average molecular weight is 419 g/mol. The van der Waals surface area contributed by atoms with Crippen LogP contribution in [0, 0.1) is 20.2 Å². The third kappa shape index (κ3) is 23.1. The van der Waals surface area contributed by atoms with Gasteiger partial charge < -0.3 is 21.9 Å². The van der Waals surface area contributed by atoms with E-state index in [1.165, 1.54) is 0 Å². The molecule has 98 valence electrons. The summed E-state index contributed by atoms with van der Waals surface area (Å²) in [5.74, 6) is 0. The Labute approximate surface area is 105 Å². The second-order valence-corrected chi connectivity index (χ2v) is 2.62. The summed E-state index contributed by atoms with van der Waals surface area (Å²) in [6.45, 7) is 0. The molecule has 0 radical (unpaired) electrons. The van der Waals surface area contributed by atoms with E-state index in [-0.39, 0.29) is 33.1 Å². The van der Waals surface area contributed by atoms with Gasteiger partial charge in [0.15, 0.2) is 0 Å². The molecule has 0 spiro atoms. The first-order chi connectivity index (χ1) is 6.77. The van der Waals surface area contributed by atoms with Gasteiger partial charge in [-0.1, -0.05) is 19.3 Å². The molecule has 1 fully saturated rings. The van der Waals surface area contributed by atoms with Gasteiger partial charge in [-0.05, 0) is 0 Å². The summed E-state index contributed by atoms with van der Waals surface area (Å²) in [5, 5.41) is 27.3. The summed E-state index contributed by atoms with van der Waals surface area (Å²) in [5.41, 5.74) is 14.3. The predicted molar refractivity (Wildman–Crippen MR) is 47.6 cm³/mol. The molecule has 0 aromatic rings. The van der Waals surface area contributed by atoms with Gasteiger partial charge in [0.2, 0.25) is 0 Å². The van der Waals surface area contributed by atoms with Crippen molar-refractivity contribution in [2.24, 2.45) is 0 Å². The van der Waals surface area contributed by atoms with Gasteiger partial charge in [-0.15, -0.1) is 20.2 Å². The number of hydrogen-bond donors (Lipinski definition) is 2. The number of hydrogen-bond acceptors (Lipinski definition) is 4. The normalized spacial score (nSPS) is 21.4. The van der Waals surface area contributed by atoms with Crippen LogP contribution in [0.4, 0.5) is 0 Å². The Hall–Kier alpha value is -0.992. The van der Waals surface area contributed by atoms with Crippen LogP contribution >= 0.6 is 0 Å². The van der Waals surface area contributed by atoms with Crippen molar-refractivity contribution in [3.8, 4) is 0 Å². The molecular weight excluding hydrogens is 407 g/mol. The summed E-state index contributed by atoms with van der Waals surface area (Å²) in [6, 6.07) is -0.139. The van der Waals surface area contributed by atoms with E-state index in [0.717, 1.165) is 19.3 Å². The zero-order valence-electron chi connectivity index (χ0n) is 8.01. The second-order valence-electron chi connectivity index (χ2n) is 2.62. The van der Waals surface area contributed by atoms with Crippen LogP contribution in [0.3, 0.4) is 0 Å². The van der Waals surface area contributed by atoms with E-state index in [0.29, 0.717) is 0 Å². The van der Waals surface area contributed by atoms with Crippen molar-refractivity contribution in [2.75, 3.05) is 0 Å². The molecule has 2 unspecified atom stereocenters. The smallest absolute Gasteiger partial charge is 0.676 e. The minimum atomic E-state index is -1.50. The third-order valence-electron chi connectivity index (χ3n) is 1.52. The Kier molecular flexibility index (Phi) is 15.4. The zero-order valence-corrected chi connectivity index (χ0v) is 10.3. The number of nitrogens with zero attached hydrogens (tertiary/aromatic N) is 2. The first kappa shape index (κ1) is 20.4. The predicted octanol–water partition coefficient (Wildman–Crippen LogP) is 1.31. The third-order valence-corrected chi connectivity index (χ3v) is 1.52. The standard InChI is InChI=1S/C5H10N2.2HNO3.Pt/c6-4-2-1-3-5(4)7;2*2-1(3)4;/h4-7H,1-3H2;2*(H,2,3,4);/q-2;;;+2. The van der Waals surface area contributed by atoms with Crippen molar-refractivity contribution in [3.05, 3.63) is 31.7 Å². The Bertz CT molecular complexity index is 177. The van der Waals surface area contributed by atoms with Crippen LogP contribution in [0.15, 0.2) is 0 Å². The molecular formula is C5H12N4O6Pt. The van der Waals surface area contributed by atoms with Crippen molar-refractivity contribution < 1.29 is 41.7 Å². The SMILES string of the molecule is O=[N+]([O-])O.O=[N+]([O-])O.[NH-]C1CCCC1[NH-].[Pt+2]. The molecule has 0 aromatic carbocycles. The molecule has 1 aliphatic carbocycles. The fourth-order valence-corrected chi connectivity index (χ4v) is 0.960. The topological polar surface area (TPSA) is 174 Å². The molecule has 11 heteroatoms. The Morgan fingerprint density at radius 1 is 1.00 bits per heavy atom. The van der Waals surface area contributed by atoms with Crippen LogP contribution in [0.25, 0.3) is 11.5 Å². The molecule has 0 saturated heterocycles. The van der Waals surface area contributed by atoms with Crippen LogP contribution in [0.1, 0.15) is 19.3 Å². The van der Waals surface area contributed by atoms with E-state index in [4.69, 9.17) is 42.1 Å². The van der Waals surface area contributed by atoms with E-state index in [1.54, 1.807) is 0 Å².